The van der Waals surface area contributed by atoms with E-state index in [0.29, 0.717) is 18.5 Å². The van der Waals surface area contributed by atoms with Gasteiger partial charge in [-0.05, 0) is 45.8 Å². The maximum atomic E-state index is 9.01. The predicted octanol–water partition coefficient (Wildman–Crippen LogP) is 1.46. The second-order valence-corrected chi connectivity index (χ2v) is 5.11. The summed E-state index contributed by atoms with van der Waals surface area (Å²) in [6, 6.07) is 2.75. The SMILES string of the molecule is CC(C)N1CCC(c2ccnn2CCO)CC1. The average molecular weight is 237 g/mol. The number of aromatic nitrogens is 2. The number of hydrogen-bond acceptors (Lipinski definition) is 3. The molecule has 0 atom stereocenters. The summed E-state index contributed by atoms with van der Waals surface area (Å²) in [4.78, 5) is 2.53. The Morgan fingerprint density at radius 1 is 1.41 bits per heavy atom. The summed E-state index contributed by atoms with van der Waals surface area (Å²) in [7, 11) is 0. The van der Waals surface area contributed by atoms with Gasteiger partial charge in [-0.25, -0.2) is 0 Å². The highest BCUT2D eigenvalue weighted by atomic mass is 16.3. The number of nitrogens with zero attached hydrogens (tertiary/aromatic N) is 3. The Labute approximate surface area is 103 Å². The second kappa shape index (κ2) is 5.65. The van der Waals surface area contributed by atoms with Gasteiger partial charge in [0, 0.05) is 23.9 Å². The molecule has 0 saturated carbocycles. The van der Waals surface area contributed by atoms with Crippen molar-refractivity contribution in [2.45, 2.75) is 45.2 Å². The summed E-state index contributed by atoms with van der Waals surface area (Å²) < 4.78 is 1.95. The monoisotopic (exact) mass is 237 g/mol. The zero-order chi connectivity index (χ0) is 12.3. The quantitative estimate of drug-likeness (QED) is 0.862. The van der Waals surface area contributed by atoms with Crippen LogP contribution in [0.25, 0.3) is 0 Å². The molecule has 0 aromatic carbocycles. The van der Waals surface area contributed by atoms with E-state index in [0.717, 1.165) is 0 Å². The van der Waals surface area contributed by atoms with Gasteiger partial charge in [-0.3, -0.25) is 4.68 Å². The fourth-order valence-corrected chi connectivity index (χ4v) is 2.68. The minimum atomic E-state index is 0.166. The van der Waals surface area contributed by atoms with Gasteiger partial charge in [0.25, 0.3) is 0 Å². The number of aliphatic hydroxyl groups excluding tert-OH is 1. The second-order valence-electron chi connectivity index (χ2n) is 5.11. The van der Waals surface area contributed by atoms with E-state index in [4.69, 9.17) is 5.11 Å². The summed E-state index contributed by atoms with van der Waals surface area (Å²) in [6.07, 6.45) is 4.25. The largest absolute Gasteiger partial charge is 0.394 e. The number of aliphatic hydroxyl groups is 1. The van der Waals surface area contributed by atoms with Crippen LogP contribution in [-0.2, 0) is 6.54 Å². The van der Waals surface area contributed by atoms with E-state index in [1.54, 1.807) is 0 Å². The van der Waals surface area contributed by atoms with Crippen molar-refractivity contribution in [2.75, 3.05) is 19.7 Å². The van der Waals surface area contributed by atoms with Crippen LogP contribution in [0.2, 0.25) is 0 Å². The van der Waals surface area contributed by atoms with Gasteiger partial charge in [0.15, 0.2) is 0 Å². The lowest BCUT2D eigenvalue weighted by atomic mass is 9.93. The minimum Gasteiger partial charge on any atom is -0.394 e. The lowest BCUT2D eigenvalue weighted by Crippen LogP contribution is -2.38. The molecular weight excluding hydrogens is 214 g/mol. The molecule has 4 heteroatoms. The van der Waals surface area contributed by atoms with E-state index in [1.807, 2.05) is 10.9 Å². The smallest absolute Gasteiger partial charge is 0.0644 e. The van der Waals surface area contributed by atoms with Crippen molar-refractivity contribution in [1.82, 2.24) is 14.7 Å². The Morgan fingerprint density at radius 2 is 2.12 bits per heavy atom. The van der Waals surface area contributed by atoms with Crippen molar-refractivity contribution in [3.63, 3.8) is 0 Å². The first-order valence-electron chi connectivity index (χ1n) is 6.59. The highest BCUT2D eigenvalue weighted by Gasteiger charge is 2.24. The van der Waals surface area contributed by atoms with Crippen molar-refractivity contribution in [2.24, 2.45) is 0 Å². The van der Waals surface area contributed by atoms with Gasteiger partial charge < -0.3 is 10.0 Å². The third-order valence-corrected chi connectivity index (χ3v) is 3.74. The molecule has 4 nitrogen and oxygen atoms in total. The van der Waals surface area contributed by atoms with E-state index in [1.165, 1.54) is 31.6 Å². The van der Waals surface area contributed by atoms with Gasteiger partial charge in [0.1, 0.15) is 0 Å². The molecule has 0 bridgehead atoms. The molecule has 1 aromatic heterocycles. The minimum absolute atomic E-state index is 0.166. The standard InChI is InChI=1S/C13H23N3O/c1-11(2)15-7-4-12(5-8-15)13-3-6-14-16(13)9-10-17/h3,6,11-12,17H,4-5,7-10H2,1-2H3. The summed E-state index contributed by atoms with van der Waals surface area (Å²) in [6.45, 7) is 7.65. The Balaban J connectivity index is 1.98. The first-order chi connectivity index (χ1) is 8.22. The molecule has 0 spiro atoms. The molecule has 0 aliphatic carbocycles. The Kier molecular flexibility index (Phi) is 4.18. The lowest BCUT2D eigenvalue weighted by Gasteiger charge is -2.34. The van der Waals surface area contributed by atoms with E-state index >= 15 is 0 Å². The average Bonchev–Trinajstić information content (AvgIpc) is 2.78. The number of likely N-dealkylation sites (tertiary alicyclic amines) is 1. The van der Waals surface area contributed by atoms with Crippen LogP contribution in [0, 0.1) is 0 Å². The van der Waals surface area contributed by atoms with Crippen molar-refractivity contribution in [1.29, 1.82) is 0 Å². The van der Waals surface area contributed by atoms with E-state index in [9.17, 15) is 0 Å². The zero-order valence-electron chi connectivity index (χ0n) is 10.8. The molecule has 96 valence electrons. The third kappa shape index (κ3) is 2.87. The maximum absolute atomic E-state index is 9.01. The molecule has 1 N–H and O–H groups in total. The molecule has 2 heterocycles. The molecule has 1 aliphatic heterocycles. The van der Waals surface area contributed by atoms with Crippen LogP contribution >= 0.6 is 0 Å². The first kappa shape index (κ1) is 12.6. The fraction of sp³-hybridized carbons (Fsp3) is 0.769. The number of hydrogen-bond donors (Lipinski definition) is 1. The van der Waals surface area contributed by atoms with Crippen LogP contribution in [0.4, 0.5) is 0 Å². The molecule has 1 aromatic rings. The molecule has 17 heavy (non-hydrogen) atoms. The molecule has 0 amide bonds. The summed E-state index contributed by atoms with van der Waals surface area (Å²) in [5, 5.41) is 13.3. The van der Waals surface area contributed by atoms with Gasteiger partial charge in [0.2, 0.25) is 0 Å². The number of rotatable bonds is 4. The predicted molar refractivity (Wildman–Crippen MR) is 68.0 cm³/mol. The summed E-state index contributed by atoms with van der Waals surface area (Å²) in [5.41, 5.74) is 1.29. The molecule has 1 aliphatic rings. The van der Waals surface area contributed by atoms with Crippen molar-refractivity contribution in [3.05, 3.63) is 18.0 Å². The highest BCUT2D eigenvalue weighted by Crippen LogP contribution is 2.28. The molecule has 1 fully saturated rings. The van der Waals surface area contributed by atoms with E-state index in [2.05, 4.69) is 29.9 Å². The van der Waals surface area contributed by atoms with Crippen molar-refractivity contribution in [3.8, 4) is 0 Å². The Hall–Kier alpha value is -0.870. The Morgan fingerprint density at radius 3 is 2.71 bits per heavy atom. The summed E-state index contributed by atoms with van der Waals surface area (Å²) >= 11 is 0. The van der Waals surface area contributed by atoms with Gasteiger partial charge >= 0.3 is 0 Å². The van der Waals surface area contributed by atoms with Crippen LogP contribution in [-0.4, -0.2) is 45.5 Å². The lowest BCUT2D eigenvalue weighted by molar-refractivity contribution is 0.168. The van der Waals surface area contributed by atoms with Crippen molar-refractivity contribution < 1.29 is 5.11 Å². The molecule has 0 radical (unpaired) electrons. The van der Waals surface area contributed by atoms with Crippen LogP contribution < -0.4 is 0 Å². The first-order valence-corrected chi connectivity index (χ1v) is 6.59. The molecular formula is C13H23N3O. The van der Waals surface area contributed by atoms with Gasteiger partial charge in [-0.15, -0.1) is 0 Å². The van der Waals surface area contributed by atoms with Gasteiger partial charge in [-0.1, -0.05) is 0 Å². The van der Waals surface area contributed by atoms with E-state index in [-0.39, 0.29) is 6.61 Å². The topological polar surface area (TPSA) is 41.3 Å². The van der Waals surface area contributed by atoms with Crippen LogP contribution in [0.15, 0.2) is 12.3 Å². The van der Waals surface area contributed by atoms with Crippen LogP contribution in [0.5, 0.6) is 0 Å². The maximum Gasteiger partial charge on any atom is 0.0644 e. The normalized spacial score (nSPS) is 19.1. The van der Waals surface area contributed by atoms with Gasteiger partial charge in [-0.2, -0.15) is 5.10 Å². The van der Waals surface area contributed by atoms with Crippen LogP contribution in [0.3, 0.4) is 0 Å². The van der Waals surface area contributed by atoms with Crippen LogP contribution in [0.1, 0.15) is 38.3 Å². The molecule has 1 saturated heterocycles. The van der Waals surface area contributed by atoms with Gasteiger partial charge in [0.05, 0.1) is 13.2 Å². The molecule has 2 rings (SSSR count). The summed E-state index contributed by atoms with van der Waals surface area (Å²) in [5.74, 6) is 0.610. The van der Waals surface area contributed by atoms with E-state index < -0.39 is 0 Å². The number of piperidine rings is 1. The zero-order valence-corrected chi connectivity index (χ0v) is 10.8. The van der Waals surface area contributed by atoms with Crippen molar-refractivity contribution >= 4 is 0 Å². The molecule has 0 unspecified atom stereocenters. The fourth-order valence-electron chi connectivity index (χ4n) is 2.68. The Bertz CT molecular complexity index is 340. The third-order valence-electron chi connectivity index (χ3n) is 3.74. The highest BCUT2D eigenvalue weighted by molar-refractivity contribution is 5.09.